The zero-order valence-corrected chi connectivity index (χ0v) is 19.7. The molecule has 2 aliphatic heterocycles. The Morgan fingerprint density at radius 2 is 1.75 bits per heavy atom. The van der Waals surface area contributed by atoms with Crippen LogP contribution >= 0.6 is 22.6 Å². The van der Waals surface area contributed by atoms with E-state index in [0.717, 1.165) is 45.8 Å². The predicted molar refractivity (Wildman–Crippen MR) is 122 cm³/mol. The van der Waals surface area contributed by atoms with Crippen LogP contribution in [0, 0.1) is 10.5 Å². The summed E-state index contributed by atoms with van der Waals surface area (Å²) in [6, 6.07) is 4.67. The van der Waals surface area contributed by atoms with Gasteiger partial charge in [-0.1, -0.05) is 0 Å². The van der Waals surface area contributed by atoms with Crippen LogP contribution in [0.4, 0.5) is 10.5 Å². The monoisotopic (exact) mass is 500 g/mol. The summed E-state index contributed by atoms with van der Waals surface area (Å²) in [4.78, 5) is 19.1. The smallest absolute Gasteiger partial charge is 0.410 e. The van der Waals surface area contributed by atoms with Gasteiger partial charge in [-0.05, 0) is 73.5 Å². The van der Waals surface area contributed by atoms with Gasteiger partial charge < -0.3 is 19.9 Å². The Labute approximate surface area is 182 Å². The minimum absolute atomic E-state index is 0.203. The van der Waals surface area contributed by atoms with Crippen molar-refractivity contribution in [1.82, 2.24) is 15.1 Å². The molecule has 0 spiro atoms. The highest BCUT2D eigenvalue weighted by molar-refractivity contribution is 14.1. The second-order valence-electron chi connectivity index (χ2n) is 8.70. The molecular formula is C21H33IN4O2. The summed E-state index contributed by atoms with van der Waals surface area (Å²) >= 11 is 2.45. The first-order chi connectivity index (χ1) is 13.2. The number of rotatable bonds is 3. The molecule has 1 amide bonds. The van der Waals surface area contributed by atoms with Crippen molar-refractivity contribution in [3.05, 3.63) is 26.8 Å². The van der Waals surface area contributed by atoms with Crippen LogP contribution in [0.3, 0.4) is 0 Å². The summed E-state index contributed by atoms with van der Waals surface area (Å²) in [6.07, 6.45) is -0.203. The van der Waals surface area contributed by atoms with Crippen LogP contribution in [0.5, 0.6) is 0 Å². The highest BCUT2D eigenvalue weighted by Gasteiger charge is 2.27. The third-order valence-electron chi connectivity index (χ3n) is 5.26. The molecule has 156 valence electrons. The summed E-state index contributed by atoms with van der Waals surface area (Å²) in [5, 5.41) is 3.42. The fourth-order valence-corrected chi connectivity index (χ4v) is 4.40. The minimum atomic E-state index is -0.445. The predicted octanol–water partition coefficient (Wildman–Crippen LogP) is 3.06. The van der Waals surface area contributed by atoms with E-state index in [1.807, 2.05) is 25.7 Å². The first kappa shape index (κ1) is 21.6. The van der Waals surface area contributed by atoms with E-state index in [1.54, 1.807) is 0 Å². The molecule has 0 radical (unpaired) electrons. The zero-order chi connectivity index (χ0) is 20.3. The number of ether oxygens (including phenoxy) is 1. The van der Waals surface area contributed by atoms with E-state index in [2.05, 4.69) is 56.8 Å². The van der Waals surface area contributed by atoms with Crippen molar-refractivity contribution in [3.63, 3.8) is 0 Å². The van der Waals surface area contributed by atoms with Crippen molar-refractivity contribution in [2.24, 2.45) is 0 Å². The molecule has 2 aliphatic rings. The Kier molecular flexibility index (Phi) is 7.09. The van der Waals surface area contributed by atoms with E-state index in [9.17, 15) is 4.79 Å². The second kappa shape index (κ2) is 9.17. The lowest BCUT2D eigenvalue weighted by Crippen LogP contribution is -2.50. The third kappa shape index (κ3) is 5.73. The molecule has 3 rings (SSSR count). The van der Waals surface area contributed by atoms with E-state index < -0.39 is 5.60 Å². The van der Waals surface area contributed by atoms with E-state index in [-0.39, 0.29) is 6.09 Å². The molecule has 28 heavy (non-hydrogen) atoms. The van der Waals surface area contributed by atoms with E-state index in [0.29, 0.717) is 13.1 Å². The molecule has 6 nitrogen and oxygen atoms in total. The highest BCUT2D eigenvalue weighted by atomic mass is 127. The van der Waals surface area contributed by atoms with E-state index in [1.165, 1.54) is 20.4 Å². The number of hydrogen-bond donors (Lipinski definition) is 1. The van der Waals surface area contributed by atoms with Crippen molar-refractivity contribution in [1.29, 1.82) is 0 Å². The largest absolute Gasteiger partial charge is 0.444 e. The lowest BCUT2D eigenvalue weighted by Gasteiger charge is -2.37. The molecule has 2 fully saturated rings. The Hall–Kier alpha value is -1.06. The van der Waals surface area contributed by atoms with Gasteiger partial charge in [0.25, 0.3) is 0 Å². The minimum Gasteiger partial charge on any atom is -0.444 e. The Morgan fingerprint density at radius 1 is 1.11 bits per heavy atom. The highest BCUT2D eigenvalue weighted by Crippen LogP contribution is 2.28. The summed E-state index contributed by atoms with van der Waals surface area (Å²) in [5.41, 5.74) is 3.57. The lowest BCUT2D eigenvalue weighted by molar-refractivity contribution is 0.0240. The molecule has 1 N–H and O–H groups in total. The molecule has 0 saturated carbocycles. The van der Waals surface area contributed by atoms with Crippen molar-refractivity contribution < 1.29 is 9.53 Å². The van der Waals surface area contributed by atoms with E-state index >= 15 is 0 Å². The zero-order valence-electron chi connectivity index (χ0n) is 17.6. The van der Waals surface area contributed by atoms with E-state index in [4.69, 9.17) is 4.74 Å². The molecule has 1 aromatic carbocycles. The van der Waals surface area contributed by atoms with Gasteiger partial charge in [-0.3, -0.25) is 4.90 Å². The topological polar surface area (TPSA) is 48.0 Å². The van der Waals surface area contributed by atoms with Crippen LogP contribution in [0.15, 0.2) is 12.1 Å². The SMILES string of the molecule is Cc1c(I)cc(CN2CCNCC2)cc1N1CCN(C(=O)OC(C)(C)C)CC1. The number of amides is 1. The van der Waals surface area contributed by atoms with Gasteiger partial charge in [0.05, 0.1) is 0 Å². The van der Waals surface area contributed by atoms with Gasteiger partial charge in [-0.2, -0.15) is 0 Å². The van der Waals surface area contributed by atoms with Crippen LogP contribution in [-0.4, -0.2) is 73.9 Å². The molecule has 1 aromatic rings. The van der Waals surface area contributed by atoms with Crippen molar-refractivity contribution in [2.75, 3.05) is 57.3 Å². The first-order valence-electron chi connectivity index (χ1n) is 10.2. The van der Waals surface area contributed by atoms with Crippen molar-refractivity contribution in [2.45, 2.75) is 39.8 Å². The van der Waals surface area contributed by atoms with Crippen LogP contribution in [0.25, 0.3) is 0 Å². The van der Waals surface area contributed by atoms with Crippen LogP contribution in [-0.2, 0) is 11.3 Å². The Morgan fingerprint density at radius 3 is 2.36 bits per heavy atom. The average molecular weight is 500 g/mol. The molecule has 0 bridgehead atoms. The number of nitrogens with one attached hydrogen (secondary N) is 1. The normalized spacial score (nSPS) is 19.0. The van der Waals surface area contributed by atoms with Gasteiger partial charge in [0.1, 0.15) is 5.60 Å². The van der Waals surface area contributed by atoms with Gasteiger partial charge in [0.15, 0.2) is 0 Å². The number of carbonyl (C=O) groups excluding carboxylic acids is 1. The number of nitrogens with zero attached hydrogens (tertiary/aromatic N) is 3. The van der Waals surface area contributed by atoms with Crippen LogP contribution < -0.4 is 10.2 Å². The first-order valence-corrected chi connectivity index (χ1v) is 11.3. The quantitative estimate of drug-likeness (QED) is 0.647. The Balaban J connectivity index is 1.65. The maximum atomic E-state index is 12.3. The molecule has 2 heterocycles. The molecule has 0 unspecified atom stereocenters. The molecular weight excluding hydrogens is 467 g/mol. The average Bonchev–Trinajstić information content (AvgIpc) is 2.64. The molecule has 0 aromatic heterocycles. The Bertz CT molecular complexity index is 690. The number of hydrogen-bond acceptors (Lipinski definition) is 5. The number of piperazine rings is 2. The molecule has 0 atom stereocenters. The lowest BCUT2D eigenvalue weighted by atomic mass is 10.1. The summed E-state index contributed by atoms with van der Waals surface area (Å²) in [5.74, 6) is 0. The second-order valence-corrected chi connectivity index (χ2v) is 9.86. The number of anilines is 1. The third-order valence-corrected chi connectivity index (χ3v) is 6.39. The fourth-order valence-electron chi connectivity index (χ4n) is 3.72. The summed E-state index contributed by atoms with van der Waals surface area (Å²) in [6.45, 7) is 16.4. The van der Waals surface area contributed by atoms with Crippen LogP contribution in [0.1, 0.15) is 31.9 Å². The van der Waals surface area contributed by atoms with Crippen molar-refractivity contribution >= 4 is 34.4 Å². The molecule has 7 heteroatoms. The number of benzene rings is 1. The number of carbonyl (C=O) groups is 1. The fraction of sp³-hybridized carbons (Fsp3) is 0.667. The molecule has 0 aliphatic carbocycles. The summed E-state index contributed by atoms with van der Waals surface area (Å²) in [7, 11) is 0. The van der Waals surface area contributed by atoms with Gasteiger partial charge in [0.2, 0.25) is 0 Å². The summed E-state index contributed by atoms with van der Waals surface area (Å²) < 4.78 is 6.84. The van der Waals surface area contributed by atoms with Gasteiger partial charge in [0, 0.05) is 68.2 Å². The maximum Gasteiger partial charge on any atom is 0.410 e. The molecule has 2 saturated heterocycles. The maximum absolute atomic E-state index is 12.3. The standard InChI is InChI=1S/C21H33IN4O2/c1-16-18(22)13-17(15-24-7-5-23-6-8-24)14-19(16)25-9-11-26(12-10-25)20(27)28-21(2,3)4/h13-14,23H,5-12,15H2,1-4H3. The number of halogens is 1. The van der Waals surface area contributed by atoms with Crippen molar-refractivity contribution in [3.8, 4) is 0 Å². The van der Waals surface area contributed by atoms with Gasteiger partial charge in [-0.25, -0.2) is 4.79 Å². The van der Waals surface area contributed by atoms with Crippen LogP contribution in [0.2, 0.25) is 0 Å². The van der Waals surface area contributed by atoms with Gasteiger partial charge in [-0.15, -0.1) is 0 Å². The van der Waals surface area contributed by atoms with Gasteiger partial charge >= 0.3 is 6.09 Å².